The van der Waals surface area contributed by atoms with E-state index in [0.717, 1.165) is 19.6 Å². The van der Waals surface area contributed by atoms with Crippen LogP contribution in [-0.4, -0.2) is 52.9 Å². The molecule has 0 aliphatic carbocycles. The Morgan fingerprint density at radius 1 is 1.15 bits per heavy atom. The van der Waals surface area contributed by atoms with E-state index in [2.05, 4.69) is 17.0 Å². The molecule has 1 atom stereocenters. The van der Waals surface area contributed by atoms with Gasteiger partial charge in [0.2, 0.25) is 0 Å². The zero-order valence-corrected chi connectivity index (χ0v) is 15.3. The molecule has 1 amide bonds. The first-order valence-electron chi connectivity index (χ1n) is 8.96. The van der Waals surface area contributed by atoms with Crippen LogP contribution in [0.4, 0.5) is 5.69 Å². The number of benzene rings is 2. The number of carbonyl (C=O) groups is 1. The van der Waals surface area contributed by atoms with Gasteiger partial charge >= 0.3 is 0 Å². The molecule has 142 valence electrons. The lowest BCUT2D eigenvalue weighted by molar-refractivity contribution is -0.384. The fraction of sp³-hybridized carbons (Fsp3) is 0.350. The van der Waals surface area contributed by atoms with Crippen molar-refractivity contribution in [1.82, 2.24) is 9.80 Å². The zero-order valence-electron chi connectivity index (χ0n) is 15.3. The molecule has 1 aliphatic heterocycles. The highest BCUT2D eigenvalue weighted by molar-refractivity contribution is 5.78. The summed E-state index contributed by atoms with van der Waals surface area (Å²) < 4.78 is 5.50. The first kappa shape index (κ1) is 18.8. The summed E-state index contributed by atoms with van der Waals surface area (Å²) in [6, 6.07) is 16.2. The van der Waals surface area contributed by atoms with Gasteiger partial charge in [0.05, 0.1) is 4.92 Å². The molecule has 1 fully saturated rings. The molecule has 0 spiro atoms. The van der Waals surface area contributed by atoms with Gasteiger partial charge in [-0.05, 0) is 24.6 Å². The molecule has 0 saturated carbocycles. The molecular formula is C20H23N3O4. The van der Waals surface area contributed by atoms with Crippen LogP contribution in [-0.2, 0) is 11.3 Å². The van der Waals surface area contributed by atoms with Crippen molar-refractivity contribution < 1.29 is 14.5 Å². The van der Waals surface area contributed by atoms with Crippen molar-refractivity contribution in [3.63, 3.8) is 0 Å². The van der Waals surface area contributed by atoms with Crippen molar-refractivity contribution >= 4 is 11.6 Å². The Morgan fingerprint density at radius 2 is 1.85 bits per heavy atom. The fourth-order valence-corrected chi connectivity index (χ4v) is 3.28. The summed E-state index contributed by atoms with van der Waals surface area (Å²) in [6.45, 7) is 5.16. The zero-order chi connectivity index (χ0) is 19.2. The highest BCUT2D eigenvalue weighted by Crippen LogP contribution is 2.18. The molecule has 3 rings (SSSR count). The van der Waals surface area contributed by atoms with Crippen molar-refractivity contribution in [2.24, 2.45) is 0 Å². The Hall–Kier alpha value is -2.93. The maximum absolute atomic E-state index is 12.5. The van der Waals surface area contributed by atoms with Crippen molar-refractivity contribution in [2.75, 3.05) is 26.2 Å². The number of non-ortho nitro benzene ring substituents is 1. The van der Waals surface area contributed by atoms with Crippen molar-refractivity contribution in [3.8, 4) is 5.75 Å². The van der Waals surface area contributed by atoms with E-state index in [1.54, 1.807) is 0 Å². The first-order valence-corrected chi connectivity index (χ1v) is 8.96. The molecule has 0 radical (unpaired) electrons. The van der Waals surface area contributed by atoms with Gasteiger partial charge in [-0.3, -0.25) is 19.8 Å². The summed E-state index contributed by atoms with van der Waals surface area (Å²) in [5.41, 5.74) is 1.27. The Bertz CT molecular complexity index is 780. The van der Waals surface area contributed by atoms with Gasteiger partial charge in [0, 0.05) is 44.4 Å². The number of nitro groups is 1. The van der Waals surface area contributed by atoms with E-state index >= 15 is 0 Å². The molecule has 1 saturated heterocycles. The van der Waals surface area contributed by atoms with E-state index in [1.165, 1.54) is 29.8 Å². The van der Waals surface area contributed by atoms with Crippen LogP contribution in [0.5, 0.6) is 5.75 Å². The summed E-state index contributed by atoms with van der Waals surface area (Å²) >= 11 is 0. The Labute approximate surface area is 158 Å². The summed E-state index contributed by atoms with van der Waals surface area (Å²) in [7, 11) is 0. The molecule has 2 aromatic carbocycles. The fourth-order valence-electron chi connectivity index (χ4n) is 3.28. The third-order valence-electron chi connectivity index (χ3n) is 4.69. The molecule has 7 heteroatoms. The number of piperazine rings is 1. The minimum atomic E-state index is -0.467. The van der Waals surface area contributed by atoms with Gasteiger partial charge in [0.1, 0.15) is 5.75 Å². The lowest BCUT2D eigenvalue weighted by atomic mass is 10.1. The summed E-state index contributed by atoms with van der Waals surface area (Å²) in [5.74, 6) is 0.379. The number of ether oxygens (including phenoxy) is 1. The van der Waals surface area contributed by atoms with Gasteiger partial charge in [0.15, 0.2) is 6.61 Å². The summed E-state index contributed by atoms with van der Waals surface area (Å²) in [5, 5.41) is 10.7. The molecule has 7 nitrogen and oxygen atoms in total. The number of rotatable bonds is 6. The SMILES string of the molecule is CC1CN(Cc2ccccc2)CCN1C(=O)COc1ccc([N+](=O)[O-])cc1. The van der Waals surface area contributed by atoms with Crippen molar-refractivity contribution in [3.05, 3.63) is 70.3 Å². The Kier molecular flexibility index (Phi) is 6.03. The molecule has 2 aromatic rings. The number of carbonyl (C=O) groups excluding carboxylic acids is 1. The van der Waals surface area contributed by atoms with Crippen LogP contribution >= 0.6 is 0 Å². The Morgan fingerprint density at radius 3 is 2.48 bits per heavy atom. The topological polar surface area (TPSA) is 75.9 Å². The van der Waals surface area contributed by atoms with Gasteiger partial charge in [0.25, 0.3) is 11.6 Å². The summed E-state index contributed by atoms with van der Waals surface area (Å²) in [6.07, 6.45) is 0. The predicted octanol–water partition coefficient (Wildman–Crippen LogP) is 2.71. The second-order valence-corrected chi connectivity index (χ2v) is 6.70. The van der Waals surface area contributed by atoms with Crippen LogP contribution in [0.3, 0.4) is 0 Å². The number of amides is 1. The first-order chi connectivity index (χ1) is 13.0. The molecule has 1 heterocycles. The van der Waals surface area contributed by atoms with Crippen LogP contribution < -0.4 is 4.74 Å². The standard InChI is InChI=1S/C20H23N3O4/c1-16-13-21(14-17-5-3-2-4-6-17)11-12-22(16)20(24)15-27-19-9-7-18(8-10-19)23(25)26/h2-10,16H,11-15H2,1H3. The van der Waals surface area contributed by atoms with Crippen LogP contribution in [0, 0.1) is 10.1 Å². The van der Waals surface area contributed by atoms with Gasteiger partial charge in [-0.2, -0.15) is 0 Å². The molecule has 1 unspecified atom stereocenters. The monoisotopic (exact) mass is 369 g/mol. The highest BCUT2D eigenvalue weighted by Gasteiger charge is 2.27. The number of hydrogen-bond donors (Lipinski definition) is 0. The normalized spacial score (nSPS) is 17.5. The van der Waals surface area contributed by atoms with E-state index < -0.39 is 4.92 Å². The third-order valence-corrected chi connectivity index (χ3v) is 4.69. The van der Waals surface area contributed by atoms with E-state index in [9.17, 15) is 14.9 Å². The van der Waals surface area contributed by atoms with E-state index in [0.29, 0.717) is 12.3 Å². The van der Waals surface area contributed by atoms with E-state index in [-0.39, 0.29) is 24.2 Å². The largest absolute Gasteiger partial charge is 0.484 e. The van der Waals surface area contributed by atoms with Crippen LogP contribution in [0.1, 0.15) is 12.5 Å². The van der Waals surface area contributed by atoms with Crippen molar-refractivity contribution in [2.45, 2.75) is 19.5 Å². The average Bonchev–Trinajstić information content (AvgIpc) is 2.67. The van der Waals surface area contributed by atoms with Gasteiger partial charge < -0.3 is 9.64 Å². The smallest absolute Gasteiger partial charge is 0.269 e. The second kappa shape index (κ2) is 8.64. The number of hydrogen-bond acceptors (Lipinski definition) is 5. The highest BCUT2D eigenvalue weighted by atomic mass is 16.6. The minimum Gasteiger partial charge on any atom is -0.484 e. The van der Waals surface area contributed by atoms with Gasteiger partial charge in [-0.15, -0.1) is 0 Å². The van der Waals surface area contributed by atoms with Crippen LogP contribution in [0.15, 0.2) is 54.6 Å². The second-order valence-electron chi connectivity index (χ2n) is 6.70. The maximum atomic E-state index is 12.5. The third kappa shape index (κ3) is 5.04. The number of nitrogens with zero attached hydrogens (tertiary/aromatic N) is 3. The molecule has 1 aliphatic rings. The molecule has 0 bridgehead atoms. The summed E-state index contributed by atoms with van der Waals surface area (Å²) in [4.78, 5) is 26.9. The Balaban J connectivity index is 1.48. The van der Waals surface area contributed by atoms with Gasteiger partial charge in [-0.1, -0.05) is 30.3 Å². The molecule has 0 N–H and O–H groups in total. The van der Waals surface area contributed by atoms with E-state index in [4.69, 9.17) is 4.74 Å². The maximum Gasteiger partial charge on any atom is 0.269 e. The lowest BCUT2D eigenvalue weighted by Gasteiger charge is -2.39. The van der Waals surface area contributed by atoms with Crippen LogP contribution in [0.2, 0.25) is 0 Å². The van der Waals surface area contributed by atoms with Gasteiger partial charge in [-0.25, -0.2) is 0 Å². The molecule has 27 heavy (non-hydrogen) atoms. The molecule has 0 aromatic heterocycles. The minimum absolute atomic E-state index is 0.00293. The van der Waals surface area contributed by atoms with E-state index in [1.807, 2.05) is 30.0 Å². The number of nitro benzene ring substituents is 1. The average molecular weight is 369 g/mol. The van der Waals surface area contributed by atoms with Crippen molar-refractivity contribution in [1.29, 1.82) is 0 Å². The van der Waals surface area contributed by atoms with Crippen LogP contribution in [0.25, 0.3) is 0 Å². The lowest BCUT2D eigenvalue weighted by Crippen LogP contribution is -2.54. The quantitative estimate of drug-likeness (QED) is 0.578. The predicted molar refractivity (Wildman–Crippen MR) is 101 cm³/mol. The molecular weight excluding hydrogens is 346 g/mol.